The number of nitro benzene ring substituents is 1. The lowest BCUT2D eigenvalue weighted by atomic mass is 10.1. The van der Waals surface area contributed by atoms with Crippen molar-refractivity contribution < 1.29 is 9.72 Å². The Morgan fingerprint density at radius 1 is 1.21 bits per heavy atom. The molecule has 0 saturated carbocycles. The molecule has 0 bridgehead atoms. The summed E-state index contributed by atoms with van der Waals surface area (Å²) < 4.78 is 1.49. The fourth-order valence-electron chi connectivity index (χ4n) is 2.54. The standard InChI is InChI=1S/C17H12N8O3/c26-16(21-17-20-15(22-23-17)12-3-1-2-6-19-12)11-4-5-13(14(9-11)25(27)28)24-8-7-18-10-24/h1-10H,(H2,20,21,22,23,26). The first-order valence-corrected chi connectivity index (χ1v) is 8.04. The molecule has 28 heavy (non-hydrogen) atoms. The van der Waals surface area contributed by atoms with Gasteiger partial charge in [0.05, 0.1) is 11.3 Å². The number of hydrogen-bond acceptors (Lipinski definition) is 7. The highest BCUT2D eigenvalue weighted by molar-refractivity contribution is 6.04. The molecule has 0 aliphatic rings. The van der Waals surface area contributed by atoms with E-state index < -0.39 is 10.8 Å². The molecule has 11 nitrogen and oxygen atoms in total. The maximum absolute atomic E-state index is 12.5. The Kier molecular flexibility index (Phi) is 4.30. The average molecular weight is 376 g/mol. The van der Waals surface area contributed by atoms with Crippen LogP contribution in [0.3, 0.4) is 0 Å². The van der Waals surface area contributed by atoms with Crippen LogP contribution in [-0.4, -0.2) is 40.5 Å². The number of imidazole rings is 1. The molecule has 11 heteroatoms. The van der Waals surface area contributed by atoms with Crippen LogP contribution >= 0.6 is 0 Å². The van der Waals surface area contributed by atoms with Crippen LogP contribution in [0, 0.1) is 10.1 Å². The fraction of sp³-hybridized carbons (Fsp3) is 0. The normalized spacial score (nSPS) is 10.6. The second-order valence-electron chi connectivity index (χ2n) is 5.61. The summed E-state index contributed by atoms with van der Waals surface area (Å²) in [5.41, 5.74) is 0.736. The molecule has 4 aromatic rings. The number of anilines is 1. The van der Waals surface area contributed by atoms with Crippen molar-refractivity contribution in [1.82, 2.24) is 29.7 Å². The molecular weight excluding hydrogens is 364 g/mol. The zero-order chi connectivity index (χ0) is 19.5. The summed E-state index contributed by atoms with van der Waals surface area (Å²) in [7, 11) is 0. The minimum absolute atomic E-state index is 0.0343. The number of rotatable bonds is 5. The summed E-state index contributed by atoms with van der Waals surface area (Å²) in [6.07, 6.45) is 6.13. The van der Waals surface area contributed by atoms with Gasteiger partial charge in [-0.15, -0.1) is 5.10 Å². The summed E-state index contributed by atoms with van der Waals surface area (Å²) in [6.45, 7) is 0. The number of aromatic amines is 1. The van der Waals surface area contributed by atoms with Gasteiger partial charge in [-0.25, -0.2) is 4.98 Å². The minimum atomic E-state index is -0.577. The topological polar surface area (TPSA) is 145 Å². The number of H-pyrrole nitrogens is 1. The number of nitro groups is 1. The van der Waals surface area contributed by atoms with Crippen molar-refractivity contribution in [3.05, 3.63) is 77.0 Å². The number of hydrogen-bond donors (Lipinski definition) is 2. The van der Waals surface area contributed by atoms with Gasteiger partial charge in [-0.1, -0.05) is 6.07 Å². The number of aromatic nitrogens is 6. The summed E-state index contributed by atoms with van der Waals surface area (Å²) in [6, 6.07) is 9.45. The highest BCUT2D eigenvalue weighted by Crippen LogP contribution is 2.24. The molecule has 2 N–H and O–H groups in total. The molecule has 0 spiro atoms. The smallest absolute Gasteiger partial charge is 0.294 e. The molecule has 0 atom stereocenters. The van der Waals surface area contributed by atoms with E-state index in [0.717, 1.165) is 0 Å². The van der Waals surface area contributed by atoms with Gasteiger partial charge in [-0.2, -0.15) is 4.98 Å². The van der Waals surface area contributed by atoms with Crippen molar-refractivity contribution in [2.45, 2.75) is 0 Å². The highest BCUT2D eigenvalue weighted by Gasteiger charge is 2.19. The van der Waals surface area contributed by atoms with Gasteiger partial charge in [0.25, 0.3) is 11.6 Å². The van der Waals surface area contributed by atoms with Crippen LogP contribution in [0.5, 0.6) is 0 Å². The number of nitrogens with zero attached hydrogens (tertiary/aromatic N) is 6. The van der Waals surface area contributed by atoms with Gasteiger partial charge in [0.15, 0.2) is 5.82 Å². The van der Waals surface area contributed by atoms with Crippen molar-refractivity contribution in [2.75, 3.05) is 5.32 Å². The quantitative estimate of drug-likeness (QED) is 0.401. The first-order chi connectivity index (χ1) is 13.6. The first kappa shape index (κ1) is 17.0. The van der Waals surface area contributed by atoms with Gasteiger partial charge in [0, 0.05) is 30.2 Å². The Labute approximate surface area is 157 Å². The lowest BCUT2D eigenvalue weighted by Crippen LogP contribution is -2.13. The lowest BCUT2D eigenvalue weighted by Gasteiger charge is -2.06. The third-order valence-electron chi connectivity index (χ3n) is 3.84. The molecule has 0 unspecified atom stereocenters. The number of nitrogens with one attached hydrogen (secondary N) is 2. The first-order valence-electron chi connectivity index (χ1n) is 8.04. The zero-order valence-corrected chi connectivity index (χ0v) is 14.2. The van der Waals surface area contributed by atoms with Gasteiger partial charge in [0.1, 0.15) is 11.4 Å². The van der Waals surface area contributed by atoms with E-state index in [0.29, 0.717) is 17.2 Å². The minimum Gasteiger partial charge on any atom is -0.300 e. The molecule has 3 heterocycles. The van der Waals surface area contributed by atoms with Crippen molar-refractivity contribution in [1.29, 1.82) is 0 Å². The molecule has 1 aromatic carbocycles. The van der Waals surface area contributed by atoms with Crippen molar-refractivity contribution in [3.8, 4) is 17.2 Å². The molecule has 138 valence electrons. The summed E-state index contributed by atoms with van der Waals surface area (Å²) in [5.74, 6) is -0.156. The summed E-state index contributed by atoms with van der Waals surface area (Å²) in [4.78, 5) is 35.5. The van der Waals surface area contributed by atoms with E-state index in [1.54, 1.807) is 30.6 Å². The van der Waals surface area contributed by atoms with Crippen molar-refractivity contribution in [3.63, 3.8) is 0 Å². The number of amides is 1. The Morgan fingerprint density at radius 2 is 2.11 bits per heavy atom. The second-order valence-corrected chi connectivity index (χ2v) is 5.61. The maximum Gasteiger partial charge on any atom is 0.294 e. The zero-order valence-electron chi connectivity index (χ0n) is 14.2. The molecule has 4 rings (SSSR count). The van der Waals surface area contributed by atoms with E-state index in [9.17, 15) is 14.9 Å². The molecule has 0 saturated heterocycles. The Bertz CT molecular complexity index is 1140. The second kappa shape index (κ2) is 7.07. The van der Waals surface area contributed by atoms with Gasteiger partial charge >= 0.3 is 0 Å². The van der Waals surface area contributed by atoms with Crippen LogP contribution in [0.4, 0.5) is 11.6 Å². The maximum atomic E-state index is 12.5. The summed E-state index contributed by atoms with van der Waals surface area (Å²) in [5, 5.41) is 20.5. The SMILES string of the molecule is O=C(Nc1n[nH]c(-c2ccccn2)n1)c1ccc(-n2ccnc2)c([N+](=O)[O-])c1. The largest absolute Gasteiger partial charge is 0.300 e. The van der Waals surface area contributed by atoms with Crippen LogP contribution < -0.4 is 5.32 Å². The van der Waals surface area contributed by atoms with E-state index in [2.05, 4.69) is 30.5 Å². The fourth-order valence-corrected chi connectivity index (χ4v) is 2.54. The monoisotopic (exact) mass is 376 g/mol. The molecule has 1 amide bonds. The predicted molar refractivity (Wildman–Crippen MR) is 97.8 cm³/mol. The van der Waals surface area contributed by atoms with Gasteiger partial charge < -0.3 is 4.57 Å². The molecule has 3 aromatic heterocycles. The molecule has 0 fully saturated rings. The third kappa shape index (κ3) is 3.31. The number of carbonyl (C=O) groups is 1. The van der Waals surface area contributed by atoms with E-state index in [1.807, 2.05) is 0 Å². The van der Waals surface area contributed by atoms with E-state index in [4.69, 9.17) is 0 Å². The molecule has 0 aliphatic heterocycles. The average Bonchev–Trinajstić information content (AvgIpc) is 3.40. The van der Waals surface area contributed by atoms with Gasteiger partial charge in [0.2, 0.25) is 5.95 Å². The van der Waals surface area contributed by atoms with E-state index >= 15 is 0 Å². The van der Waals surface area contributed by atoms with Crippen LogP contribution in [0.2, 0.25) is 0 Å². The number of carbonyl (C=O) groups excluding carboxylic acids is 1. The van der Waals surface area contributed by atoms with Crippen molar-refractivity contribution in [2.24, 2.45) is 0 Å². The molecule has 0 radical (unpaired) electrons. The van der Waals surface area contributed by atoms with E-state index in [-0.39, 0.29) is 17.2 Å². The number of pyridine rings is 1. The van der Waals surface area contributed by atoms with Crippen LogP contribution in [0.15, 0.2) is 61.3 Å². The van der Waals surface area contributed by atoms with Crippen LogP contribution in [0.25, 0.3) is 17.2 Å². The van der Waals surface area contributed by atoms with Gasteiger partial charge in [-0.3, -0.25) is 30.3 Å². The highest BCUT2D eigenvalue weighted by atomic mass is 16.6. The summed E-state index contributed by atoms with van der Waals surface area (Å²) >= 11 is 0. The molecular formula is C17H12N8O3. The molecule has 0 aliphatic carbocycles. The Hall–Kier alpha value is -4.41. The van der Waals surface area contributed by atoms with Gasteiger partial charge in [-0.05, 0) is 24.3 Å². The lowest BCUT2D eigenvalue weighted by molar-refractivity contribution is -0.384. The van der Waals surface area contributed by atoms with Crippen LogP contribution in [-0.2, 0) is 0 Å². The predicted octanol–water partition coefficient (Wildman–Crippen LogP) is 2.21. The third-order valence-corrected chi connectivity index (χ3v) is 3.84. The number of benzene rings is 1. The van der Waals surface area contributed by atoms with E-state index in [1.165, 1.54) is 35.3 Å². The van der Waals surface area contributed by atoms with Crippen LogP contribution in [0.1, 0.15) is 10.4 Å². The Balaban J connectivity index is 1.58. The Morgan fingerprint density at radius 3 is 2.82 bits per heavy atom. The van der Waals surface area contributed by atoms with Crippen molar-refractivity contribution >= 4 is 17.5 Å².